The molecule has 0 saturated heterocycles. The molecule has 0 radical (unpaired) electrons. The largest absolute Gasteiger partial charge is 0.384 e. The van der Waals surface area contributed by atoms with Crippen LogP contribution in [0.2, 0.25) is 0 Å². The summed E-state index contributed by atoms with van der Waals surface area (Å²) in [6.07, 6.45) is 1.17. The fourth-order valence-corrected chi connectivity index (χ4v) is 3.28. The molecule has 160 valence electrons. The molecular weight excluding hydrogens is 328 g/mol. The van der Waals surface area contributed by atoms with Crippen LogP contribution in [-0.4, -0.2) is 54.9 Å². The van der Waals surface area contributed by atoms with E-state index in [1.54, 1.807) is 28.4 Å². The average Bonchev–Trinajstić information content (AvgIpc) is 2.53. The third-order valence-corrected chi connectivity index (χ3v) is 6.31. The third-order valence-electron chi connectivity index (χ3n) is 6.31. The first kappa shape index (κ1) is 28.1. The Hall–Kier alpha value is -0.160. The predicted octanol–water partition coefficient (Wildman–Crippen LogP) is 5.30. The molecule has 0 saturated carbocycles. The van der Waals surface area contributed by atoms with Gasteiger partial charge in [-0.3, -0.25) is 0 Å². The van der Waals surface area contributed by atoms with Gasteiger partial charge in [0.15, 0.2) is 0 Å². The van der Waals surface area contributed by atoms with Gasteiger partial charge in [0.1, 0.15) is 0 Å². The van der Waals surface area contributed by atoms with Crippen LogP contribution in [0, 0.1) is 28.1 Å². The third kappa shape index (κ3) is 8.24. The van der Waals surface area contributed by atoms with Gasteiger partial charge < -0.3 is 18.9 Å². The number of methoxy groups -OCH3 is 4. The Kier molecular flexibility index (Phi) is 14.1. The summed E-state index contributed by atoms with van der Waals surface area (Å²) in [6, 6.07) is 0. The van der Waals surface area contributed by atoms with Crippen molar-refractivity contribution in [3.63, 3.8) is 0 Å². The molecule has 0 heterocycles. The van der Waals surface area contributed by atoms with Gasteiger partial charge >= 0.3 is 0 Å². The second-order valence-corrected chi connectivity index (χ2v) is 9.24. The molecule has 0 aromatic heterocycles. The SMILES string of the molecule is CCC(C)C(COC)(COC)C(C)C.COCC(C)(COC)C(C)(C)C. The highest BCUT2D eigenvalue weighted by molar-refractivity contribution is 4.87. The zero-order chi connectivity index (χ0) is 21.0. The van der Waals surface area contributed by atoms with Crippen LogP contribution in [0.5, 0.6) is 0 Å². The summed E-state index contributed by atoms with van der Waals surface area (Å²) in [5.74, 6) is 1.21. The van der Waals surface area contributed by atoms with Gasteiger partial charge in [-0.2, -0.15) is 0 Å². The van der Waals surface area contributed by atoms with Gasteiger partial charge in [-0.1, -0.05) is 61.8 Å². The average molecular weight is 377 g/mol. The molecule has 4 heteroatoms. The maximum Gasteiger partial charge on any atom is 0.0545 e. The maximum atomic E-state index is 5.36. The van der Waals surface area contributed by atoms with Crippen molar-refractivity contribution < 1.29 is 18.9 Å². The molecule has 0 aromatic rings. The zero-order valence-electron chi connectivity index (χ0n) is 19.8. The fourth-order valence-electron chi connectivity index (χ4n) is 3.28. The van der Waals surface area contributed by atoms with Crippen molar-refractivity contribution in [3.8, 4) is 0 Å². The van der Waals surface area contributed by atoms with E-state index in [9.17, 15) is 0 Å². The molecule has 0 aliphatic carbocycles. The number of hydrogen-bond donors (Lipinski definition) is 0. The summed E-state index contributed by atoms with van der Waals surface area (Å²) < 4.78 is 21.1. The molecular formula is C22H48O4. The molecule has 4 nitrogen and oxygen atoms in total. The number of ether oxygens (including phenoxy) is 4. The van der Waals surface area contributed by atoms with E-state index in [4.69, 9.17) is 18.9 Å². The summed E-state index contributed by atoms with van der Waals surface area (Å²) in [7, 11) is 7.02. The molecule has 26 heavy (non-hydrogen) atoms. The maximum absolute atomic E-state index is 5.36. The zero-order valence-corrected chi connectivity index (χ0v) is 19.8. The van der Waals surface area contributed by atoms with E-state index in [1.807, 2.05) is 0 Å². The molecule has 0 fully saturated rings. The first-order valence-corrected chi connectivity index (χ1v) is 9.88. The molecule has 0 aromatic carbocycles. The lowest BCUT2D eigenvalue weighted by Gasteiger charge is -2.41. The topological polar surface area (TPSA) is 36.9 Å². The molecule has 1 atom stereocenters. The second-order valence-electron chi connectivity index (χ2n) is 9.24. The van der Waals surface area contributed by atoms with E-state index in [1.165, 1.54) is 6.42 Å². The Morgan fingerprint density at radius 3 is 1.19 bits per heavy atom. The van der Waals surface area contributed by atoms with E-state index in [0.29, 0.717) is 11.8 Å². The molecule has 0 amide bonds. The number of rotatable bonds is 11. The number of hydrogen-bond acceptors (Lipinski definition) is 4. The van der Waals surface area contributed by atoms with Crippen LogP contribution in [0.25, 0.3) is 0 Å². The van der Waals surface area contributed by atoms with Gasteiger partial charge in [-0.25, -0.2) is 0 Å². The van der Waals surface area contributed by atoms with E-state index < -0.39 is 0 Å². The molecule has 1 unspecified atom stereocenters. The quantitative estimate of drug-likeness (QED) is 0.490. The van der Waals surface area contributed by atoms with Crippen LogP contribution < -0.4 is 0 Å². The van der Waals surface area contributed by atoms with Crippen molar-refractivity contribution >= 4 is 0 Å². The first-order chi connectivity index (χ1) is 11.9. The Labute approximate surface area is 164 Å². The predicted molar refractivity (Wildman–Crippen MR) is 112 cm³/mol. The Bertz CT molecular complexity index is 322. The highest BCUT2D eigenvalue weighted by Crippen LogP contribution is 2.39. The van der Waals surface area contributed by atoms with Crippen LogP contribution in [0.1, 0.15) is 61.8 Å². The molecule has 0 N–H and O–H groups in total. The summed E-state index contributed by atoms with van der Waals surface area (Å²) in [5.41, 5.74) is 0.466. The highest BCUT2D eigenvalue weighted by Gasteiger charge is 2.39. The monoisotopic (exact) mass is 376 g/mol. The molecule has 0 rings (SSSR count). The molecule has 0 bridgehead atoms. The lowest BCUT2D eigenvalue weighted by atomic mass is 9.68. The van der Waals surface area contributed by atoms with Crippen LogP contribution in [-0.2, 0) is 18.9 Å². The molecule has 0 aliphatic heterocycles. The summed E-state index contributed by atoms with van der Waals surface area (Å²) in [4.78, 5) is 0. The van der Waals surface area contributed by atoms with E-state index >= 15 is 0 Å². The second kappa shape index (κ2) is 13.1. The smallest absolute Gasteiger partial charge is 0.0545 e. The lowest BCUT2D eigenvalue weighted by molar-refractivity contribution is -0.0572. The minimum absolute atomic E-state index is 0.0938. The van der Waals surface area contributed by atoms with Gasteiger partial charge in [-0.05, 0) is 17.3 Å². The molecule has 0 spiro atoms. The summed E-state index contributed by atoms with van der Waals surface area (Å²) in [6.45, 7) is 20.9. The van der Waals surface area contributed by atoms with Crippen molar-refractivity contribution in [2.45, 2.75) is 61.8 Å². The lowest BCUT2D eigenvalue weighted by Crippen LogP contribution is -2.42. The summed E-state index contributed by atoms with van der Waals surface area (Å²) in [5, 5.41) is 0. The normalized spacial score (nSPS) is 14.2. The van der Waals surface area contributed by atoms with Crippen LogP contribution in [0.3, 0.4) is 0 Å². The van der Waals surface area contributed by atoms with Gasteiger partial charge in [0.05, 0.1) is 26.4 Å². The first-order valence-electron chi connectivity index (χ1n) is 9.88. The van der Waals surface area contributed by atoms with Crippen molar-refractivity contribution in [2.75, 3.05) is 54.9 Å². The van der Waals surface area contributed by atoms with Gasteiger partial charge in [-0.15, -0.1) is 0 Å². The van der Waals surface area contributed by atoms with Gasteiger partial charge in [0, 0.05) is 39.3 Å². The molecule has 0 aliphatic rings. The van der Waals surface area contributed by atoms with Crippen LogP contribution in [0.4, 0.5) is 0 Å². The van der Waals surface area contributed by atoms with Crippen LogP contribution in [0.15, 0.2) is 0 Å². The Balaban J connectivity index is 0. The van der Waals surface area contributed by atoms with Crippen molar-refractivity contribution in [3.05, 3.63) is 0 Å². The fraction of sp³-hybridized carbons (Fsp3) is 1.00. The van der Waals surface area contributed by atoms with Gasteiger partial charge in [0.25, 0.3) is 0 Å². The standard InChI is InChI=1S/C12H26O2.C10H22O2/c1-7-11(4)12(8-13-5,9-14-6)10(2)3;1-9(2,3)10(4,7-11-5)8-12-6/h10-11H,7-9H2,1-6H3;7-8H2,1-6H3. The van der Waals surface area contributed by atoms with E-state index in [2.05, 4.69) is 55.4 Å². The van der Waals surface area contributed by atoms with Crippen molar-refractivity contribution in [1.82, 2.24) is 0 Å². The van der Waals surface area contributed by atoms with Crippen molar-refractivity contribution in [1.29, 1.82) is 0 Å². The Morgan fingerprint density at radius 2 is 1.00 bits per heavy atom. The van der Waals surface area contributed by atoms with E-state index in [-0.39, 0.29) is 16.2 Å². The van der Waals surface area contributed by atoms with E-state index in [0.717, 1.165) is 26.4 Å². The minimum atomic E-state index is 0.0938. The summed E-state index contributed by atoms with van der Waals surface area (Å²) >= 11 is 0. The van der Waals surface area contributed by atoms with Crippen LogP contribution >= 0.6 is 0 Å². The Morgan fingerprint density at radius 1 is 0.654 bits per heavy atom. The minimum Gasteiger partial charge on any atom is -0.384 e. The van der Waals surface area contributed by atoms with Gasteiger partial charge in [0.2, 0.25) is 0 Å². The van der Waals surface area contributed by atoms with Crippen molar-refractivity contribution in [2.24, 2.45) is 28.1 Å². The highest BCUT2D eigenvalue weighted by atomic mass is 16.5.